The highest BCUT2D eigenvalue weighted by atomic mass is 35.5. The van der Waals surface area contributed by atoms with E-state index in [1.165, 1.54) is 0 Å². The quantitative estimate of drug-likeness (QED) is 0.353. The highest BCUT2D eigenvalue weighted by Gasteiger charge is 2.13. The summed E-state index contributed by atoms with van der Waals surface area (Å²) >= 11 is 24.0. The molecule has 0 unspecified atom stereocenters. The highest BCUT2D eigenvalue weighted by Crippen LogP contribution is 2.35. The smallest absolute Gasteiger partial charge is 0.214 e. The first-order valence-corrected chi connectivity index (χ1v) is 10.9. The van der Waals surface area contributed by atoms with Crippen LogP contribution in [0.3, 0.4) is 0 Å². The number of aromatic amines is 1. The second-order valence-corrected chi connectivity index (χ2v) is 7.95. The summed E-state index contributed by atoms with van der Waals surface area (Å²) in [6.45, 7) is 5.09. The molecule has 2 N–H and O–H groups in total. The van der Waals surface area contributed by atoms with Crippen LogP contribution in [0.1, 0.15) is 30.8 Å². The number of halogens is 3. The van der Waals surface area contributed by atoms with Gasteiger partial charge in [0.05, 0.1) is 13.2 Å². The second kappa shape index (κ2) is 10.4. The molecule has 0 aliphatic heterocycles. The number of benzene rings is 2. The molecule has 3 rings (SSSR count). The zero-order valence-corrected chi connectivity index (χ0v) is 19.6. The van der Waals surface area contributed by atoms with Crippen LogP contribution in [-0.4, -0.2) is 21.5 Å². The van der Waals surface area contributed by atoms with Crippen molar-refractivity contribution in [2.45, 2.75) is 33.4 Å². The van der Waals surface area contributed by atoms with Gasteiger partial charge in [-0.1, -0.05) is 47.8 Å². The largest absolute Gasteiger partial charge is 0.490 e. The Morgan fingerprint density at radius 1 is 1.03 bits per heavy atom. The summed E-state index contributed by atoms with van der Waals surface area (Å²) in [4.78, 5) is 0. The van der Waals surface area contributed by atoms with E-state index in [0.29, 0.717) is 44.5 Å². The van der Waals surface area contributed by atoms with Gasteiger partial charge in [0.25, 0.3) is 0 Å². The number of hydrogen-bond donors (Lipinski definition) is 2. The molecule has 160 valence electrons. The van der Waals surface area contributed by atoms with Crippen molar-refractivity contribution in [2.24, 2.45) is 0 Å². The minimum atomic E-state index is 0.258. The molecular formula is C20H21Cl3N4O2S. The van der Waals surface area contributed by atoms with E-state index in [4.69, 9.17) is 56.5 Å². The zero-order chi connectivity index (χ0) is 21.7. The van der Waals surface area contributed by atoms with Gasteiger partial charge in [-0.15, -0.1) is 0 Å². The lowest BCUT2D eigenvalue weighted by atomic mass is 10.2. The summed E-state index contributed by atoms with van der Waals surface area (Å²) in [5.74, 6) is 1.93. The van der Waals surface area contributed by atoms with E-state index in [1.807, 2.05) is 26.0 Å². The Morgan fingerprint density at radius 2 is 1.77 bits per heavy atom. The maximum Gasteiger partial charge on any atom is 0.214 e. The first-order chi connectivity index (χ1) is 14.4. The number of nitrogens with zero attached hydrogens (tertiary/aromatic N) is 2. The molecule has 1 heterocycles. The number of ether oxygens (including phenoxy) is 2. The molecule has 0 saturated carbocycles. The standard InChI is InChI=1S/C20H21Cl3N4O2S/c1-3-19-25-26-20(30)27(19)24-10-13-7-17(28-4-2)18(9-16(13)23)29-11-12-5-6-14(21)8-15(12)22/h5-9,24H,3-4,10-11H2,1-2H3,(H,26,30). The molecule has 0 fully saturated rings. The second-order valence-electron chi connectivity index (χ2n) is 6.32. The first kappa shape index (κ1) is 22.7. The molecule has 2 aromatic carbocycles. The summed E-state index contributed by atoms with van der Waals surface area (Å²) in [7, 11) is 0. The van der Waals surface area contributed by atoms with Gasteiger partial charge in [-0.05, 0) is 42.9 Å². The van der Waals surface area contributed by atoms with Crippen LogP contribution < -0.4 is 14.9 Å². The fourth-order valence-electron chi connectivity index (χ4n) is 2.78. The monoisotopic (exact) mass is 486 g/mol. The number of aromatic nitrogens is 3. The molecule has 0 atom stereocenters. The number of H-pyrrole nitrogens is 1. The molecule has 0 aliphatic carbocycles. The molecule has 30 heavy (non-hydrogen) atoms. The topological polar surface area (TPSA) is 64.1 Å². The van der Waals surface area contributed by atoms with Crippen molar-refractivity contribution in [3.63, 3.8) is 0 Å². The third kappa shape index (κ3) is 5.40. The Kier molecular flexibility index (Phi) is 7.88. The van der Waals surface area contributed by atoms with Crippen LogP contribution in [-0.2, 0) is 19.6 Å². The first-order valence-electron chi connectivity index (χ1n) is 9.35. The lowest BCUT2D eigenvalue weighted by molar-refractivity contribution is 0.269. The predicted molar refractivity (Wildman–Crippen MR) is 123 cm³/mol. The number of aryl methyl sites for hydroxylation is 1. The summed E-state index contributed by atoms with van der Waals surface area (Å²) in [5, 5.41) is 8.61. The van der Waals surface area contributed by atoms with Gasteiger partial charge >= 0.3 is 0 Å². The third-order valence-corrected chi connectivity index (χ3v) is 5.51. The molecule has 10 heteroatoms. The third-order valence-electron chi connectivity index (χ3n) is 4.30. The maximum absolute atomic E-state index is 6.51. The highest BCUT2D eigenvalue weighted by molar-refractivity contribution is 7.71. The van der Waals surface area contributed by atoms with Crippen LogP contribution in [0.15, 0.2) is 30.3 Å². The fraction of sp³-hybridized carbons (Fsp3) is 0.300. The van der Waals surface area contributed by atoms with Gasteiger partial charge in [0.15, 0.2) is 17.3 Å². The van der Waals surface area contributed by atoms with E-state index in [2.05, 4.69) is 15.6 Å². The molecule has 0 radical (unpaired) electrons. The minimum absolute atomic E-state index is 0.258. The molecule has 1 aromatic heterocycles. The number of nitrogens with one attached hydrogen (secondary N) is 2. The van der Waals surface area contributed by atoms with Gasteiger partial charge < -0.3 is 14.9 Å². The van der Waals surface area contributed by atoms with Crippen LogP contribution in [0.5, 0.6) is 11.5 Å². The molecule has 0 spiro atoms. The van der Waals surface area contributed by atoms with Gasteiger partial charge in [0.1, 0.15) is 6.61 Å². The predicted octanol–water partition coefficient (Wildman–Crippen LogP) is 6.18. The molecule has 0 aliphatic rings. The van der Waals surface area contributed by atoms with E-state index in [-0.39, 0.29) is 6.61 Å². The molecule has 0 bridgehead atoms. The fourth-order valence-corrected chi connectivity index (χ4v) is 3.68. The van der Waals surface area contributed by atoms with Gasteiger partial charge in [-0.3, -0.25) is 5.10 Å². The van der Waals surface area contributed by atoms with Crippen molar-refractivity contribution >= 4 is 47.0 Å². The average molecular weight is 488 g/mol. The number of rotatable bonds is 9. The van der Waals surface area contributed by atoms with Crippen LogP contribution >= 0.6 is 47.0 Å². The normalized spacial score (nSPS) is 10.8. The summed E-state index contributed by atoms with van der Waals surface area (Å²) < 4.78 is 13.9. The van der Waals surface area contributed by atoms with Crippen molar-refractivity contribution < 1.29 is 9.47 Å². The van der Waals surface area contributed by atoms with Crippen LogP contribution in [0.2, 0.25) is 15.1 Å². The van der Waals surface area contributed by atoms with Gasteiger partial charge in [-0.25, -0.2) is 4.68 Å². The van der Waals surface area contributed by atoms with E-state index in [0.717, 1.165) is 23.4 Å². The van der Waals surface area contributed by atoms with Crippen LogP contribution in [0.25, 0.3) is 0 Å². The van der Waals surface area contributed by atoms with Gasteiger partial charge in [-0.2, -0.15) is 5.10 Å². The average Bonchev–Trinajstić information content (AvgIpc) is 3.07. The van der Waals surface area contributed by atoms with Crippen molar-refractivity contribution in [1.29, 1.82) is 0 Å². The van der Waals surface area contributed by atoms with E-state index in [9.17, 15) is 0 Å². The van der Waals surface area contributed by atoms with Gasteiger partial charge in [0.2, 0.25) is 4.77 Å². The van der Waals surface area contributed by atoms with Crippen molar-refractivity contribution in [1.82, 2.24) is 14.9 Å². The molecule has 3 aromatic rings. The molecule has 0 saturated heterocycles. The van der Waals surface area contributed by atoms with E-state index < -0.39 is 0 Å². The van der Waals surface area contributed by atoms with Crippen molar-refractivity contribution in [3.05, 3.63) is 67.1 Å². The minimum Gasteiger partial charge on any atom is -0.490 e. The van der Waals surface area contributed by atoms with Crippen molar-refractivity contribution in [2.75, 3.05) is 12.0 Å². The van der Waals surface area contributed by atoms with E-state index >= 15 is 0 Å². The van der Waals surface area contributed by atoms with Gasteiger partial charge in [0, 0.05) is 33.1 Å². The lowest BCUT2D eigenvalue weighted by Gasteiger charge is -2.16. The summed E-state index contributed by atoms with van der Waals surface area (Å²) in [6.07, 6.45) is 0.734. The zero-order valence-electron chi connectivity index (χ0n) is 16.5. The molecule has 0 amide bonds. The lowest BCUT2D eigenvalue weighted by Crippen LogP contribution is -2.17. The maximum atomic E-state index is 6.51. The Balaban J connectivity index is 1.79. The number of hydrogen-bond acceptors (Lipinski definition) is 5. The summed E-state index contributed by atoms with van der Waals surface area (Å²) in [6, 6.07) is 8.86. The Hall–Kier alpha value is -1.93. The Labute approximate surface area is 195 Å². The SMILES string of the molecule is CCOc1cc(CNn2c(CC)n[nH]c2=S)c(Cl)cc1OCc1ccc(Cl)cc1Cl. The Morgan fingerprint density at radius 3 is 2.47 bits per heavy atom. The summed E-state index contributed by atoms with van der Waals surface area (Å²) in [5.41, 5.74) is 4.88. The Bertz CT molecular complexity index is 1080. The van der Waals surface area contributed by atoms with E-state index in [1.54, 1.807) is 22.9 Å². The van der Waals surface area contributed by atoms with Crippen molar-refractivity contribution in [3.8, 4) is 11.5 Å². The van der Waals surface area contributed by atoms with Crippen LogP contribution in [0, 0.1) is 4.77 Å². The molecule has 6 nitrogen and oxygen atoms in total. The molecular weight excluding hydrogens is 467 g/mol. The van der Waals surface area contributed by atoms with Crippen LogP contribution in [0.4, 0.5) is 0 Å².